The second kappa shape index (κ2) is 11.6. The molecule has 1 aromatic heterocycles. The zero-order valence-corrected chi connectivity index (χ0v) is 16.4. The fraction of sp³-hybridized carbons (Fsp3) is 0.522. The van der Waals surface area contributed by atoms with Gasteiger partial charge >= 0.3 is 0 Å². The van der Waals surface area contributed by atoms with Crippen LogP contribution in [0, 0.1) is 0 Å². The highest BCUT2D eigenvalue weighted by Gasteiger charge is 2.21. The lowest BCUT2D eigenvalue weighted by Gasteiger charge is -2.26. The average molecular weight is 355 g/mol. The topological polar surface area (TPSA) is 25.2 Å². The first-order chi connectivity index (χ1) is 12.8. The Morgan fingerprint density at radius 1 is 0.885 bits per heavy atom. The van der Waals surface area contributed by atoms with Crippen molar-refractivity contribution in [1.29, 1.82) is 0 Å². The molecule has 0 aliphatic carbocycles. The zero-order chi connectivity index (χ0) is 18.6. The first-order valence-electron chi connectivity index (χ1n) is 10.2. The fourth-order valence-corrected chi connectivity index (χ4v) is 3.39. The monoisotopic (exact) mass is 354 g/mol. The number of rotatable bonds is 12. The molecule has 142 valence electrons. The maximum Gasteiger partial charge on any atom is 0.225 e. The number of aromatic nitrogens is 1. The minimum absolute atomic E-state index is 0.0681. The largest absolute Gasteiger partial charge is 0.346 e. The van der Waals surface area contributed by atoms with E-state index in [9.17, 15) is 4.79 Å². The van der Waals surface area contributed by atoms with Gasteiger partial charge in [0.2, 0.25) is 5.91 Å². The summed E-state index contributed by atoms with van der Waals surface area (Å²) in [5, 5.41) is 0. The van der Waals surface area contributed by atoms with Gasteiger partial charge in [0, 0.05) is 25.5 Å². The standard InChI is InChI=1S/C23H34N2O/c1-3-5-10-18-25(19-11-6-4-2)23(26)20-22(24-16-12-13-17-24)21-14-8-7-9-15-21/h7-9,12-17,22H,3-6,10-11,18-20H2,1-2H3. The van der Waals surface area contributed by atoms with E-state index in [0.717, 1.165) is 25.9 Å². The van der Waals surface area contributed by atoms with Crippen LogP contribution < -0.4 is 0 Å². The lowest BCUT2D eigenvalue weighted by Crippen LogP contribution is -2.34. The first-order valence-corrected chi connectivity index (χ1v) is 10.2. The zero-order valence-electron chi connectivity index (χ0n) is 16.4. The van der Waals surface area contributed by atoms with Crippen LogP contribution in [0.4, 0.5) is 0 Å². The van der Waals surface area contributed by atoms with Gasteiger partial charge in [-0.2, -0.15) is 0 Å². The number of benzene rings is 1. The van der Waals surface area contributed by atoms with Crippen LogP contribution in [0.15, 0.2) is 54.9 Å². The first kappa shape index (κ1) is 20.3. The Kier molecular flexibility index (Phi) is 9.02. The van der Waals surface area contributed by atoms with Gasteiger partial charge in [-0.1, -0.05) is 69.9 Å². The molecule has 1 aromatic carbocycles. The quantitative estimate of drug-likeness (QED) is 0.450. The van der Waals surface area contributed by atoms with Crippen molar-refractivity contribution in [2.75, 3.05) is 13.1 Å². The molecule has 0 saturated carbocycles. The molecule has 0 saturated heterocycles. The number of carbonyl (C=O) groups is 1. The van der Waals surface area contributed by atoms with Crippen LogP contribution in [-0.4, -0.2) is 28.5 Å². The molecule has 3 nitrogen and oxygen atoms in total. The lowest BCUT2D eigenvalue weighted by molar-refractivity contribution is -0.132. The summed E-state index contributed by atoms with van der Waals surface area (Å²) in [7, 11) is 0. The highest BCUT2D eigenvalue weighted by atomic mass is 16.2. The smallest absolute Gasteiger partial charge is 0.225 e. The van der Waals surface area contributed by atoms with E-state index in [-0.39, 0.29) is 11.9 Å². The van der Waals surface area contributed by atoms with Crippen molar-refractivity contribution in [2.45, 2.75) is 64.8 Å². The Morgan fingerprint density at radius 3 is 2.00 bits per heavy atom. The van der Waals surface area contributed by atoms with E-state index >= 15 is 0 Å². The van der Waals surface area contributed by atoms with Gasteiger partial charge in [-0.15, -0.1) is 0 Å². The molecule has 0 aliphatic rings. The second-order valence-electron chi connectivity index (χ2n) is 7.06. The molecule has 3 heteroatoms. The van der Waals surface area contributed by atoms with E-state index in [1.165, 1.54) is 31.2 Å². The number of nitrogens with zero attached hydrogens (tertiary/aromatic N) is 2. The van der Waals surface area contributed by atoms with Crippen molar-refractivity contribution in [3.05, 3.63) is 60.4 Å². The SMILES string of the molecule is CCCCCN(CCCCC)C(=O)CC(c1ccccc1)n1cccc1. The van der Waals surface area contributed by atoms with Gasteiger partial charge in [0.05, 0.1) is 12.5 Å². The third-order valence-corrected chi connectivity index (χ3v) is 4.96. The summed E-state index contributed by atoms with van der Waals surface area (Å²) in [4.78, 5) is 15.2. The molecule has 2 aromatic rings. The van der Waals surface area contributed by atoms with Crippen molar-refractivity contribution in [1.82, 2.24) is 9.47 Å². The van der Waals surface area contributed by atoms with Gasteiger partial charge in [0.15, 0.2) is 0 Å². The Balaban J connectivity index is 2.08. The summed E-state index contributed by atoms with van der Waals surface area (Å²) in [6, 6.07) is 14.5. The van der Waals surface area contributed by atoms with Gasteiger partial charge in [-0.3, -0.25) is 4.79 Å². The summed E-state index contributed by atoms with van der Waals surface area (Å²) in [6.45, 7) is 6.20. The number of amides is 1. The number of unbranched alkanes of at least 4 members (excludes halogenated alkanes) is 4. The van der Waals surface area contributed by atoms with Crippen molar-refractivity contribution in [3.8, 4) is 0 Å². The summed E-state index contributed by atoms with van der Waals surface area (Å²) in [5.41, 5.74) is 1.19. The lowest BCUT2D eigenvalue weighted by atomic mass is 10.0. The fourth-order valence-electron chi connectivity index (χ4n) is 3.39. The maximum absolute atomic E-state index is 13.1. The van der Waals surface area contributed by atoms with Crippen LogP contribution in [0.5, 0.6) is 0 Å². The van der Waals surface area contributed by atoms with Gasteiger partial charge in [-0.25, -0.2) is 0 Å². The highest BCUT2D eigenvalue weighted by Crippen LogP contribution is 2.23. The van der Waals surface area contributed by atoms with Crippen LogP contribution in [0.25, 0.3) is 0 Å². The molecule has 26 heavy (non-hydrogen) atoms. The van der Waals surface area contributed by atoms with E-state index in [0.29, 0.717) is 6.42 Å². The highest BCUT2D eigenvalue weighted by molar-refractivity contribution is 5.77. The second-order valence-corrected chi connectivity index (χ2v) is 7.06. The number of hydrogen-bond donors (Lipinski definition) is 0. The van der Waals surface area contributed by atoms with Crippen LogP contribution in [0.3, 0.4) is 0 Å². The summed E-state index contributed by atoms with van der Waals surface area (Å²) in [5.74, 6) is 0.278. The molecule has 1 atom stereocenters. The molecule has 2 rings (SSSR count). The molecule has 0 bridgehead atoms. The minimum Gasteiger partial charge on any atom is -0.346 e. The Morgan fingerprint density at radius 2 is 1.46 bits per heavy atom. The summed E-state index contributed by atoms with van der Waals surface area (Å²) in [6.07, 6.45) is 11.6. The number of hydrogen-bond acceptors (Lipinski definition) is 1. The van der Waals surface area contributed by atoms with Gasteiger partial charge < -0.3 is 9.47 Å². The normalized spacial score (nSPS) is 12.1. The van der Waals surface area contributed by atoms with Crippen molar-refractivity contribution >= 4 is 5.91 Å². The Bertz CT molecular complexity index is 596. The third kappa shape index (κ3) is 6.36. The van der Waals surface area contributed by atoms with Crippen LogP contribution in [0.2, 0.25) is 0 Å². The predicted octanol–water partition coefficient (Wildman–Crippen LogP) is 5.68. The molecule has 1 amide bonds. The summed E-state index contributed by atoms with van der Waals surface area (Å²) < 4.78 is 2.16. The van der Waals surface area contributed by atoms with Crippen molar-refractivity contribution in [2.24, 2.45) is 0 Å². The molecular weight excluding hydrogens is 320 g/mol. The van der Waals surface area contributed by atoms with Crippen molar-refractivity contribution < 1.29 is 4.79 Å². The third-order valence-electron chi connectivity index (χ3n) is 4.96. The Hall–Kier alpha value is -2.03. The van der Waals surface area contributed by atoms with Crippen LogP contribution in [-0.2, 0) is 4.79 Å². The Labute approximate surface area is 159 Å². The molecule has 0 radical (unpaired) electrons. The molecule has 0 aliphatic heterocycles. The van der Waals surface area contributed by atoms with E-state index in [2.05, 4.69) is 60.0 Å². The van der Waals surface area contributed by atoms with Gasteiger partial charge in [-0.05, 0) is 30.5 Å². The molecular formula is C23H34N2O. The molecule has 1 unspecified atom stereocenters. The van der Waals surface area contributed by atoms with Gasteiger partial charge in [0.25, 0.3) is 0 Å². The van der Waals surface area contributed by atoms with Crippen molar-refractivity contribution in [3.63, 3.8) is 0 Å². The summed E-state index contributed by atoms with van der Waals surface area (Å²) >= 11 is 0. The predicted molar refractivity (Wildman–Crippen MR) is 109 cm³/mol. The maximum atomic E-state index is 13.1. The minimum atomic E-state index is 0.0681. The molecule has 0 fully saturated rings. The van der Waals surface area contributed by atoms with E-state index < -0.39 is 0 Å². The molecule has 0 N–H and O–H groups in total. The van der Waals surface area contributed by atoms with Gasteiger partial charge in [0.1, 0.15) is 0 Å². The van der Waals surface area contributed by atoms with Crippen LogP contribution >= 0.6 is 0 Å². The number of carbonyl (C=O) groups excluding carboxylic acids is 1. The van der Waals surface area contributed by atoms with Crippen LogP contribution in [0.1, 0.15) is 70.4 Å². The average Bonchev–Trinajstić information content (AvgIpc) is 3.20. The van der Waals surface area contributed by atoms with E-state index in [4.69, 9.17) is 0 Å². The molecule has 0 spiro atoms. The van der Waals surface area contributed by atoms with E-state index in [1.54, 1.807) is 0 Å². The molecule has 1 heterocycles. The van der Waals surface area contributed by atoms with E-state index in [1.807, 2.05) is 18.2 Å².